The fourth-order valence-electron chi connectivity index (χ4n) is 2.72. The maximum atomic E-state index is 3.72. The van der Waals surface area contributed by atoms with Crippen molar-refractivity contribution < 1.29 is 0 Å². The van der Waals surface area contributed by atoms with E-state index in [0.717, 1.165) is 12.6 Å². The Kier molecular flexibility index (Phi) is 3.62. The highest BCUT2D eigenvalue weighted by molar-refractivity contribution is 9.10. The van der Waals surface area contributed by atoms with Crippen molar-refractivity contribution >= 4 is 21.6 Å². The van der Waals surface area contributed by atoms with Gasteiger partial charge in [-0.25, -0.2) is 0 Å². The van der Waals surface area contributed by atoms with Gasteiger partial charge < -0.3 is 10.2 Å². The molecule has 2 nitrogen and oxygen atoms in total. The summed E-state index contributed by atoms with van der Waals surface area (Å²) in [6.45, 7) is 4.51. The Bertz CT molecular complexity index is 429. The van der Waals surface area contributed by atoms with E-state index in [1.807, 2.05) is 0 Å². The fraction of sp³-hybridized carbons (Fsp3) is 0.600. The molecule has 0 amide bonds. The minimum absolute atomic E-state index is 0.687. The summed E-state index contributed by atoms with van der Waals surface area (Å²) < 4.78 is 1.24. The van der Waals surface area contributed by atoms with Gasteiger partial charge in [0.05, 0.1) is 0 Å². The summed E-state index contributed by atoms with van der Waals surface area (Å²) in [5.74, 6) is 0. The topological polar surface area (TPSA) is 15.3 Å². The number of nitrogens with one attached hydrogen (secondary N) is 1. The monoisotopic (exact) mass is 308 g/mol. The van der Waals surface area contributed by atoms with Crippen LogP contribution in [0.3, 0.4) is 0 Å². The van der Waals surface area contributed by atoms with E-state index in [9.17, 15) is 0 Å². The summed E-state index contributed by atoms with van der Waals surface area (Å²) in [6, 6.07) is 8.28. The van der Waals surface area contributed by atoms with Gasteiger partial charge in [0.25, 0.3) is 0 Å². The first-order valence-electron chi connectivity index (χ1n) is 7.02. The second-order valence-corrected chi connectivity index (χ2v) is 6.47. The van der Waals surface area contributed by atoms with E-state index in [0.29, 0.717) is 6.04 Å². The Labute approximate surface area is 118 Å². The van der Waals surface area contributed by atoms with E-state index in [2.05, 4.69) is 51.3 Å². The van der Waals surface area contributed by atoms with Gasteiger partial charge in [-0.1, -0.05) is 22.0 Å². The standard InChI is InChI=1S/C15H21BrN2/c1-11-3-2-8-18(11)14-7-4-12(15(16)9-14)10-17-13-5-6-13/h4,7,9,11,13,17H,2-3,5-6,8,10H2,1H3. The van der Waals surface area contributed by atoms with Crippen LogP contribution in [0.5, 0.6) is 0 Å². The minimum Gasteiger partial charge on any atom is -0.369 e. The lowest BCUT2D eigenvalue weighted by molar-refractivity contribution is 0.685. The van der Waals surface area contributed by atoms with Crippen LogP contribution in [0.2, 0.25) is 0 Å². The molecule has 1 N–H and O–H groups in total. The van der Waals surface area contributed by atoms with Gasteiger partial charge in [-0.15, -0.1) is 0 Å². The third-order valence-electron chi connectivity index (χ3n) is 4.08. The minimum atomic E-state index is 0.687. The predicted molar refractivity (Wildman–Crippen MR) is 80.0 cm³/mol. The molecule has 0 aromatic heterocycles. The Morgan fingerprint density at radius 1 is 1.33 bits per heavy atom. The lowest BCUT2D eigenvalue weighted by Crippen LogP contribution is -2.26. The zero-order valence-corrected chi connectivity index (χ0v) is 12.5. The Hall–Kier alpha value is -0.540. The van der Waals surface area contributed by atoms with Gasteiger partial charge >= 0.3 is 0 Å². The van der Waals surface area contributed by atoms with Crippen LogP contribution in [-0.2, 0) is 6.54 Å². The van der Waals surface area contributed by atoms with Gasteiger partial charge in [-0.05, 0) is 50.3 Å². The summed E-state index contributed by atoms with van der Waals surface area (Å²) in [5, 5.41) is 3.57. The molecular formula is C15H21BrN2. The molecule has 1 aliphatic carbocycles. The highest BCUT2D eigenvalue weighted by atomic mass is 79.9. The molecule has 0 radical (unpaired) electrons. The largest absolute Gasteiger partial charge is 0.369 e. The summed E-state index contributed by atoms with van der Waals surface area (Å²) in [4.78, 5) is 2.52. The molecule has 18 heavy (non-hydrogen) atoms. The van der Waals surface area contributed by atoms with Crippen LogP contribution in [0, 0.1) is 0 Å². The first kappa shape index (κ1) is 12.5. The van der Waals surface area contributed by atoms with E-state index in [1.165, 1.54) is 48.0 Å². The van der Waals surface area contributed by atoms with Gasteiger partial charge in [-0.2, -0.15) is 0 Å². The maximum Gasteiger partial charge on any atom is 0.0380 e. The smallest absolute Gasteiger partial charge is 0.0380 e. The van der Waals surface area contributed by atoms with Gasteiger partial charge in [0.15, 0.2) is 0 Å². The van der Waals surface area contributed by atoms with Crippen LogP contribution in [0.25, 0.3) is 0 Å². The lowest BCUT2D eigenvalue weighted by Gasteiger charge is -2.24. The molecule has 0 spiro atoms. The molecule has 3 heteroatoms. The van der Waals surface area contributed by atoms with Crippen LogP contribution in [0.1, 0.15) is 38.2 Å². The summed E-state index contributed by atoms with van der Waals surface area (Å²) >= 11 is 3.72. The second kappa shape index (κ2) is 5.22. The molecule has 98 valence electrons. The predicted octanol–water partition coefficient (Wildman–Crippen LogP) is 3.69. The molecule has 1 atom stereocenters. The van der Waals surface area contributed by atoms with Crippen molar-refractivity contribution in [3.63, 3.8) is 0 Å². The zero-order chi connectivity index (χ0) is 12.5. The first-order chi connectivity index (χ1) is 8.74. The van der Waals surface area contributed by atoms with Crippen molar-refractivity contribution in [2.45, 2.75) is 51.2 Å². The number of benzene rings is 1. The summed E-state index contributed by atoms with van der Waals surface area (Å²) in [7, 11) is 0. The highest BCUT2D eigenvalue weighted by Gasteiger charge is 2.22. The van der Waals surface area contributed by atoms with Crippen LogP contribution < -0.4 is 10.2 Å². The Balaban J connectivity index is 1.70. The first-order valence-corrected chi connectivity index (χ1v) is 7.82. The quantitative estimate of drug-likeness (QED) is 0.912. The van der Waals surface area contributed by atoms with E-state index < -0.39 is 0 Å². The fourth-order valence-corrected chi connectivity index (χ4v) is 3.22. The van der Waals surface area contributed by atoms with Gasteiger partial charge in [0, 0.05) is 35.3 Å². The third kappa shape index (κ3) is 2.72. The average Bonchev–Trinajstić information content (AvgIpc) is 3.09. The van der Waals surface area contributed by atoms with Crippen molar-refractivity contribution in [1.29, 1.82) is 0 Å². The molecule has 1 aromatic rings. The zero-order valence-electron chi connectivity index (χ0n) is 11.0. The second-order valence-electron chi connectivity index (χ2n) is 5.62. The van der Waals surface area contributed by atoms with E-state index in [4.69, 9.17) is 0 Å². The summed E-state index contributed by atoms with van der Waals surface area (Å²) in [5.41, 5.74) is 2.74. The van der Waals surface area contributed by atoms with Crippen LogP contribution in [0.4, 0.5) is 5.69 Å². The maximum absolute atomic E-state index is 3.72. The summed E-state index contributed by atoms with van der Waals surface area (Å²) in [6.07, 6.45) is 5.34. The van der Waals surface area contributed by atoms with Crippen molar-refractivity contribution in [3.05, 3.63) is 28.2 Å². The molecule has 1 saturated heterocycles. The number of halogens is 1. The number of nitrogens with zero attached hydrogens (tertiary/aromatic N) is 1. The third-order valence-corrected chi connectivity index (χ3v) is 4.82. The van der Waals surface area contributed by atoms with Crippen molar-refractivity contribution in [1.82, 2.24) is 5.32 Å². The number of hydrogen-bond acceptors (Lipinski definition) is 2. The lowest BCUT2D eigenvalue weighted by atomic mass is 10.1. The molecule has 0 bridgehead atoms. The van der Waals surface area contributed by atoms with Crippen LogP contribution in [0.15, 0.2) is 22.7 Å². The van der Waals surface area contributed by atoms with Gasteiger partial charge in [-0.3, -0.25) is 0 Å². The van der Waals surface area contributed by atoms with Crippen LogP contribution >= 0.6 is 15.9 Å². The molecule has 1 heterocycles. The van der Waals surface area contributed by atoms with E-state index in [1.54, 1.807) is 0 Å². The van der Waals surface area contributed by atoms with Gasteiger partial charge in [0.1, 0.15) is 0 Å². The molecule has 3 rings (SSSR count). The molecular weight excluding hydrogens is 288 g/mol. The van der Waals surface area contributed by atoms with Crippen LogP contribution in [-0.4, -0.2) is 18.6 Å². The van der Waals surface area contributed by atoms with Crippen molar-refractivity contribution in [2.75, 3.05) is 11.4 Å². The number of anilines is 1. The average molecular weight is 309 g/mol. The molecule has 1 aromatic carbocycles. The van der Waals surface area contributed by atoms with Crippen molar-refractivity contribution in [3.8, 4) is 0 Å². The van der Waals surface area contributed by atoms with E-state index in [-0.39, 0.29) is 0 Å². The Morgan fingerprint density at radius 2 is 2.17 bits per heavy atom. The molecule has 1 unspecified atom stereocenters. The Morgan fingerprint density at radius 3 is 2.78 bits per heavy atom. The molecule has 2 fully saturated rings. The number of rotatable bonds is 4. The normalized spacial score (nSPS) is 23.7. The molecule has 1 aliphatic heterocycles. The van der Waals surface area contributed by atoms with E-state index >= 15 is 0 Å². The number of hydrogen-bond donors (Lipinski definition) is 1. The van der Waals surface area contributed by atoms with Gasteiger partial charge in [0.2, 0.25) is 0 Å². The molecule has 2 aliphatic rings. The SMILES string of the molecule is CC1CCCN1c1ccc(CNC2CC2)c(Br)c1. The highest BCUT2D eigenvalue weighted by Crippen LogP contribution is 2.30. The molecule has 1 saturated carbocycles. The van der Waals surface area contributed by atoms with Crippen molar-refractivity contribution in [2.24, 2.45) is 0 Å².